The fourth-order valence-corrected chi connectivity index (χ4v) is 1.57. The van der Waals surface area contributed by atoms with Gasteiger partial charge in [-0.15, -0.1) is 0 Å². The van der Waals surface area contributed by atoms with E-state index in [2.05, 4.69) is 0 Å². The lowest BCUT2D eigenvalue weighted by atomic mass is 10.2. The number of hydrogen-bond acceptors (Lipinski definition) is 3. The fraction of sp³-hybridized carbons (Fsp3) is 0.250. The SMILES string of the molecule is O=C(O)O.O=C1CCC(=O)N1Cc1ccccc1. The van der Waals surface area contributed by atoms with E-state index in [4.69, 9.17) is 15.0 Å². The first-order chi connectivity index (χ1) is 8.50. The average molecular weight is 251 g/mol. The molecule has 1 saturated heterocycles. The molecule has 2 amide bonds. The first kappa shape index (κ1) is 13.7. The van der Waals surface area contributed by atoms with Crippen LogP contribution in [0.3, 0.4) is 0 Å². The number of likely N-dealkylation sites (tertiary alicyclic amines) is 1. The maximum Gasteiger partial charge on any atom is 0.503 e. The van der Waals surface area contributed by atoms with Gasteiger partial charge in [-0.2, -0.15) is 0 Å². The van der Waals surface area contributed by atoms with Crippen LogP contribution in [-0.2, 0) is 16.1 Å². The summed E-state index contributed by atoms with van der Waals surface area (Å²) in [5, 5.41) is 13.9. The van der Waals surface area contributed by atoms with Gasteiger partial charge in [0.2, 0.25) is 11.8 Å². The molecule has 1 aromatic rings. The molecule has 0 aromatic heterocycles. The zero-order valence-electron chi connectivity index (χ0n) is 9.57. The van der Waals surface area contributed by atoms with Crippen molar-refractivity contribution in [3.05, 3.63) is 35.9 Å². The minimum Gasteiger partial charge on any atom is -0.450 e. The van der Waals surface area contributed by atoms with Crippen molar-refractivity contribution in [1.29, 1.82) is 0 Å². The van der Waals surface area contributed by atoms with E-state index < -0.39 is 6.16 Å². The van der Waals surface area contributed by atoms with Gasteiger partial charge in [0.1, 0.15) is 0 Å². The van der Waals surface area contributed by atoms with Crippen molar-refractivity contribution in [1.82, 2.24) is 4.90 Å². The van der Waals surface area contributed by atoms with Crippen LogP contribution in [0.25, 0.3) is 0 Å². The highest BCUT2D eigenvalue weighted by Gasteiger charge is 2.28. The molecule has 6 nitrogen and oxygen atoms in total. The zero-order valence-corrected chi connectivity index (χ0v) is 9.57. The summed E-state index contributed by atoms with van der Waals surface area (Å²) in [4.78, 5) is 32.5. The Morgan fingerprint density at radius 2 is 1.50 bits per heavy atom. The van der Waals surface area contributed by atoms with E-state index in [0.29, 0.717) is 19.4 Å². The third-order valence-corrected chi connectivity index (χ3v) is 2.34. The van der Waals surface area contributed by atoms with Crippen molar-refractivity contribution < 1.29 is 24.6 Å². The van der Waals surface area contributed by atoms with E-state index in [1.165, 1.54) is 4.90 Å². The van der Waals surface area contributed by atoms with Gasteiger partial charge in [-0.3, -0.25) is 14.5 Å². The summed E-state index contributed by atoms with van der Waals surface area (Å²) in [5.74, 6) is -0.113. The Morgan fingerprint density at radius 3 is 1.94 bits per heavy atom. The molecule has 1 fully saturated rings. The van der Waals surface area contributed by atoms with Crippen molar-refractivity contribution in [3.63, 3.8) is 0 Å². The molecule has 2 rings (SSSR count). The lowest BCUT2D eigenvalue weighted by Gasteiger charge is -2.13. The van der Waals surface area contributed by atoms with Gasteiger partial charge in [0.25, 0.3) is 0 Å². The number of hydrogen-bond donors (Lipinski definition) is 2. The number of carboxylic acid groups (broad SMARTS) is 2. The highest BCUT2D eigenvalue weighted by molar-refractivity contribution is 6.01. The lowest BCUT2D eigenvalue weighted by molar-refractivity contribution is -0.139. The third-order valence-electron chi connectivity index (χ3n) is 2.34. The quantitative estimate of drug-likeness (QED) is 0.778. The summed E-state index contributed by atoms with van der Waals surface area (Å²) in [6, 6.07) is 9.55. The van der Waals surface area contributed by atoms with Crippen molar-refractivity contribution >= 4 is 18.0 Å². The average Bonchev–Trinajstić information content (AvgIpc) is 2.62. The Balaban J connectivity index is 0.000000357. The Labute approximate surface area is 103 Å². The predicted octanol–water partition coefficient (Wildman–Crippen LogP) is 1.56. The Kier molecular flexibility index (Phi) is 4.86. The van der Waals surface area contributed by atoms with E-state index in [9.17, 15) is 9.59 Å². The van der Waals surface area contributed by atoms with Gasteiger partial charge in [0.15, 0.2) is 0 Å². The largest absolute Gasteiger partial charge is 0.503 e. The molecule has 0 atom stereocenters. The summed E-state index contributed by atoms with van der Waals surface area (Å²) in [6.45, 7) is 0.415. The van der Waals surface area contributed by atoms with E-state index >= 15 is 0 Å². The summed E-state index contributed by atoms with van der Waals surface area (Å²) in [5.41, 5.74) is 0.996. The Hall–Kier alpha value is -2.37. The lowest BCUT2D eigenvalue weighted by Crippen LogP contribution is -2.28. The standard InChI is InChI=1S/C11H11NO2.CH2O3/c13-10-6-7-11(14)12(10)8-9-4-2-1-3-5-9;2-1(3)4/h1-5H,6-8H2;(H2,2,3,4). The number of benzene rings is 1. The fourth-order valence-electron chi connectivity index (χ4n) is 1.57. The number of imide groups is 1. The number of carbonyl (C=O) groups is 3. The first-order valence-electron chi connectivity index (χ1n) is 5.29. The van der Waals surface area contributed by atoms with Crippen molar-refractivity contribution in [2.24, 2.45) is 0 Å². The maximum atomic E-state index is 11.3. The highest BCUT2D eigenvalue weighted by atomic mass is 16.6. The molecule has 1 aliphatic heterocycles. The predicted molar refractivity (Wildman–Crippen MR) is 61.9 cm³/mol. The third kappa shape index (κ3) is 4.25. The summed E-state index contributed by atoms with van der Waals surface area (Å²) in [7, 11) is 0. The molecule has 18 heavy (non-hydrogen) atoms. The molecule has 6 heteroatoms. The van der Waals surface area contributed by atoms with Crippen LogP contribution in [0, 0.1) is 0 Å². The maximum absolute atomic E-state index is 11.3. The number of nitrogens with zero attached hydrogens (tertiary/aromatic N) is 1. The van der Waals surface area contributed by atoms with Gasteiger partial charge in [0.05, 0.1) is 6.54 Å². The topological polar surface area (TPSA) is 94.9 Å². The van der Waals surface area contributed by atoms with Crippen molar-refractivity contribution in [3.8, 4) is 0 Å². The monoisotopic (exact) mass is 251 g/mol. The zero-order chi connectivity index (χ0) is 13.5. The van der Waals surface area contributed by atoms with Crippen LogP contribution >= 0.6 is 0 Å². The van der Waals surface area contributed by atoms with E-state index in [-0.39, 0.29) is 11.8 Å². The summed E-state index contributed by atoms with van der Waals surface area (Å²) >= 11 is 0. The van der Waals surface area contributed by atoms with Gasteiger partial charge in [-0.05, 0) is 5.56 Å². The number of rotatable bonds is 2. The minimum absolute atomic E-state index is 0.0566. The molecule has 0 unspecified atom stereocenters. The molecular formula is C12H13NO5. The van der Waals surface area contributed by atoms with Crippen LogP contribution in [0.2, 0.25) is 0 Å². The van der Waals surface area contributed by atoms with Crippen LogP contribution in [-0.4, -0.2) is 33.1 Å². The Bertz CT molecular complexity index is 423. The Morgan fingerprint density at radius 1 is 1.06 bits per heavy atom. The molecule has 1 aromatic carbocycles. The second-order valence-electron chi connectivity index (χ2n) is 3.64. The molecule has 0 radical (unpaired) electrons. The van der Waals surface area contributed by atoms with Crippen molar-refractivity contribution in [2.45, 2.75) is 19.4 Å². The van der Waals surface area contributed by atoms with Gasteiger partial charge in [-0.25, -0.2) is 4.79 Å². The molecule has 0 spiro atoms. The molecule has 0 aliphatic carbocycles. The highest BCUT2D eigenvalue weighted by Crippen LogP contribution is 2.15. The molecule has 1 aliphatic rings. The van der Waals surface area contributed by atoms with E-state index in [1.54, 1.807) is 0 Å². The van der Waals surface area contributed by atoms with Crippen LogP contribution in [0.5, 0.6) is 0 Å². The molecule has 2 N–H and O–H groups in total. The number of amides is 2. The van der Waals surface area contributed by atoms with E-state index in [1.807, 2.05) is 30.3 Å². The minimum atomic E-state index is -1.83. The molecule has 96 valence electrons. The molecule has 1 heterocycles. The second kappa shape index (κ2) is 6.39. The van der Waals surface area contributed by atoms with Crippen molar-refractivity contribution in [2.75, 3.05) is 0 Å². The van der Waals surface area contributed by atoms with Gasteiger partial charge < -0.3 is 10.2 Å². The van der Waals surface area contributed by atoms with Gasteiger partial charge in [-0.1, -0.05) is 30.3 Å². The molecule has 0 saturated carbocycles. The summed E-state index contributed by atoms with van der Waals surface area (Å²) < 4.78 is 0. The van der Waals surface area contributed by atoms with Gasteiger partial charge >= 0.3 is 6.16 Å². The smallest absolute Gasteiger partial charge is 0.450 e. The summed E-state index contributed by atoms with van der Waals surface area (Å²) in [6.07, 6.45) is -1.10. The van der Waals surface area contributed by atoms with Crippen LogP contribution in [0.1, 0.15) is 18.4 Å². The first-order valence-corrected chi connectivity index (χ1v) is 5.29. The van der Waals surface area contributed by atoms with Gasteiger partial charge in [0, 0.05) is 12.8 Å². The normalized spacial score (nSPS) is 14.1. The second-order valence-corrected chi connectivity index (χ2v) is 3.64. The van der Waals surface area contributed by atoms with Crippen LogP contribution in [0.15, 0.2) is 30.3 Å². The molecular weight excluding hydrogens is 238 g/mol. The van der Waals surface area contributed by atoms with E-state index in [0.717, 1.165) is 5.56 Å². The van der Waals surface area contributed by atoms with Crippen LogP contribution < -0.4 is 0 Å². The van der Waals surface area contributed by atoms with Crippen LogP contribution in [0.4, 0.5) is 4.79 Å². The number of carbonyl (C=O) groups excluding carboxylic acids is 2. The molecule has 0 bridgehead atoms.